The van der Waals surface area contributed by atoms with Gasteiger partial charge in [0.05, 0.1) is 13.2 Å². The molecule has 0 aromatic heterocycles. The van der Waals surface area contributed by atoms with Crippen molar-refractivity contribution in [3.05, 3.63) is 29.6 Å². The van der Waals surface area contributed by atoms with Crippen LogP contribution in [0.3, 0.4) is 0 Å². The van der Waals surface area contributed by atoms with Crippen LogP contribution in [-0.2, 0) is 9.59 Å². The van der Waals surface area contributed by atoms with E-state index in [1.807, 2.05) is 0 Å². The fourth-order valence-corrected chi connectivity index (χ4v) is 2.35. The first-order chi connectivity index (χ1) is 9.52. The van der Waals surface area contributed by atoms with Gasteiger partial charge in [-0.25, -0.2) is 4.39 Å². The maximum Gasteiger partial charge on any atom is 0.243 e. The second-order valence-corrected chi connectivity index (χ2v) is 4.75. The van der Waals surface area contributed by atoms with Gasteiger partial charge in [0, 0.05) is 18.0 Å². The van der Waals surface area contributed by atoms with E-state index < -0.39 is 17.9 Å². The zero-order valence-electron chi connectivity index (χ0n) is 11.4. The Balaban J connectivity index is 2.14. The van der Waals surface area contributed by atoms with Crippen LogP contribution in [-0.4, -0.2) is 25.0 Å². The lowest BCUT2D eigenvalue weighted by Crippen LogP contribution is -2.51. The van der Waals surface area contributed by atoms with Gasteiger partial charge >= 0.3 is 0 Å². The molecule has 2 atom stereocenters. The van der Waals surface area contributed by atoms with Crippen LogP contribution in [0.5, 0.6) is 5.75 Å². The average Bonchev–Trinajstić information content (AvgIpc) is 2.41. The maximum absolute atomic E-state index is 13.9. The van der Waals surface area contributed by atoms with E-state index in [0.717, 1.165) is 0 Å². The van der Waals surface area contributed by atoms with Gasteiger partial charge in [0.1, 0.15) is 11.6 Å². The fraction of sp³-hybridized carbons (Fsp3) is 0.429. The van der Waals surface area contributed by atoms with Gasteiger partial charge in [-0.2, -0.15) is 0 Å². The van der Waals surface area contributed by atoms with Crippen LogP contribution >= 0.6 is 0 Å². The minimum Gasteiger partial charge on any atom is -0.496 e. The topological polar surface area (TPSA) is 67.4 Å². The van der Waals surface area contributed by atoms with Crippen molar-refractivity contribution in [2.24, 2.45) is 0 Å². The highest BCUT2D eigenvalue weighted by molar-refractivity contribution is 6.00. The van der Waals surface area contributed by atoms with Crippen molar-refractivity contribution in [1.29, 1.82) is 0 Å². The molecule has 1 aliphatic rings. The number of piperidine rings is 1. The number of hydrogen-bond donors (Lipinski definition) is 2. The quantitative estimate of drug-likeness (QED) is 0.816. The largest absolute Gasteiger partial charge is 0.496 e. The predicted octanol–water partition coefficient (Wildman–Crippen LogP) is 1.29. The number of carbonyl (C=O) groups excluding carboxylic acids is 2. The lowest BCUT2D eigenvalue weighted by Gasteiger charge is -2.26. The molecular weight excluding hydrogens is 263 g/mol. The third-order valence-electron chi connectivity index (χ3n) is 3.36. The number of hydrogen-bond acceptors (Lipinski definition) is 4. The smallest absolute Gasteiger partial charge is 0.243 e. The molecule has 1 aliphatic heterocycles. The maximum atomic E-state index is 13.9. The van der Waals surface area contributed by atoms with Gasteiger partial charge in [0.25, 0.3) is 0 Å². The molecule has 5 nitrogen and oxygen atoms in total. The Morgan fingerprint density at radius 2 is 2.20 bits per heavy atom. The molecule has 1 aromatic carbocycles. The van der Waals surface area contributed by atoms with Crippen molar-refractivity contribution in [1.82, 2.24) is 10.6 Å². The van der Waals surface area contributed by atoms with E-state index in [1.54, 1.807) is 19.1 Å². The number of rotatable bonds is 4. The molecule has 6 heteroatoms. The molecule has 2 N–H and O–H groups in total. The van der Waals surface area contributed by atoms with Gasteiger partial charge in [-0.15, -0.1) is 0 Å². The number of amides is 2. The van der Waals surface area contributed by atoms with Gasteiger partial charge in [0.15, 0.2) is 0 Å². The van der Waals surface area contributed by atoms with Gasteiger partial charge in [-0.3, -0.25) is 20.2 Å². The van der Waals surface area contributed by atoms with Crippen molar-refractivity contribution < 1.29 is 18.7 Å². The number of halogens is 1. The highest BCUT2D eigenvalue weighted by Crippen LogP contribution is 2.28. The van der Waals surface area contributed by atoms with E-state index in [1.165, 1.54) is 13.2 Å². The van der Waals surface area contributed by atoms with Crippen molar-refractivity contribution in [3.63, 3.8) is 0 Å². The molecule has 1 saturated heterocycles. The van der Waals surface area contributed by atoms with E-state index in [4.69, 9.17) is 4.74 Å². The Morgan fingerprint density at radius 1 is 1.45 bits per heavy atom. The summed E-state index contributed by atoms with van der Waals surface area (Å²) in [5.41, 5.74) is 0.375. The van der Waals surface area contributed by atoms with Crippen molar-refractivity contribution in [2.45, 2.75) is 31.8 Å². The third kappa shape index (κ3) is 2.96. The highest BCUT2D eigenvalue weighted by atomic mass is 19.1. The number of ether oxygens (including phenoxy) is 1. The molecule has 0 radical (unpaired) electrons. The Labute approximate surface area is 116 Å². The van der Waals surface area contributed by atoms with Crippen LogP contribution in [0.1, 0.15) is 31.4 Å². The van der Waals surface area contributed by atoms with Gasteiger partial charge in [0.2, 0.25) is 11.8 Å². The standard InChI is InChI=1S/C14H17FN2O3/c1-8(13-9(15)4-3-5-11(13)20-2)16-10-6-7-12(18)17-14(10)19/h3-5,8,10,16H,6-7H2,1-2H3,(H,17,18,19). The molecule has 108 valence electrons. The lowest BCUT2D eigenvalue weighted by molar-refractivity contribution is -0.134. The summed E-state index contributed by atoms with van der Waals surface area (Å²) in [5, 5.41) is 5.30. The third-order valence-corrected chi connectivity index (χ3v) is 3.36. The van der Waals surface area contributed by atoms with E-state index in [2.05, 4.69) is 10.6 Å². The molecule has 1 heterocycles. The molecule has 2 rings (SSSR count). The van der Waals surface area contributed by atoms with E-state index in [-0.39, 0.29) is 18.2 Å². The molecule has 1 fully saturated rings. The Kier molecular flexibility index (Phi) is 4.34. The molecule has 0 spiro atoms. The second-order valence-electron chi connectivity index (χ2n) is 4.75. The van der Waals surface area contributed by atoms with Crippen molar-refractivity contribution in [2.75, 3.05) is 7.11 Å². The first-order valence-electron chi connectivity index (χ1n) is 6.45. The number of nitrogens with one attached hydrogen (secondary N) is 2. The molecule has 2 amide bonds. The first kappa shape index (κ1) is 14.5. The monoisotopic (exact) mass is 280 g/mol. The Morgan fingerprint density at radius 3 is 2.85 bits per heavy atom. The second kappa shape index (κ2) is 6.00. The summed E-state index contributed by atoms with van der Waals surface area (Å²) in [5.74, 6) is -0.610. The first-order valence-corrected chi connectivity index (χ1v) is 6.45. The van der Waals surface area contributed by atoms with Crippen LogP contribution in [0.2, 0.25) is 0 Å². The normalized spacial score (nSPS) is 20.4. The van der Waals surface area contributed by atoms with Gasteiger partial charge < -0.3 is 4.74 Å². The number of imide groups is 1. The van der Waals surface area contributed by atoms with Crippen LogP contribution in [0.4, 0.5) is 4.39 Å². The van der Waals surface area contributed by atoms with Crippen molar-refractivity contribution in [3.8, 4) is 5.75 Å². The summed E-state index contributed by atoms with van der Waals surface area (Å²) in [6, 6.07) is 3.67. The zero-order valence-corrected chi connectivity index (χ0v) is 11.4. The summed E-state index contributed by atoms with van der Waals surface area (Å²) in [6.07, 6.45) is 0.691. The number of methoxy groups -OCH3 is 1. The minimum absolute atomic E-state index is 0.274. The van der Waals surface area contributed by atoms with Gasteiger partial charge in [-0.05, 0) is 25.5 Å². The lowest BCUT2D eigenvalue weighted by atomic mass is 10.0. The zero-order chi connectivity index (χ0) is 14.7. The molecule has 0 saturated carbocycles. The minimum atomic E-state index is -0.507. The molecule has 0 bridgehead atoms. The summed E-state index contributed by atoms with van der Waals surface area (Å²) < 4.78 is 19.1. The highest BCUT2D eigenvalue weighted by Gasteiger charge is 2.29. The SMILES string of the molecule is COc1cccc(F)c1C(C)NC1CCC(=O)NC1=O. The fourth-order valence-electron chi connectivity index (χ4n) is 2.35. The van der Waals surface area contributed by atoms with E-state index in [0.29, 0.717) is 17.7 Å². The van der Waals surface area contributed by atoms with Crippen LogP contribution in [0, 0.1) is 5.82 Å². The van der Waals surface area contributed by atoms with Crippen LogP contribution in [0.15, 0.2) is 18.2 Å². The average molecular weight is 280 g/mol. The summed E-state index contributed by atoms with van der Waals surface area (Å²) in [4.78, 5) is 22.8. The molecule has 20 heavy (non-hydrogen) atoms. The summed E-state index contributed by atoms with van der Waals surface area (Å²) >= 11 is 0. The van der Waals surface area contributed by atoms with E-state index >= 15 is 0 Å². The van der Waals surface area contributed by atoms with Crippen LogP contribution < -0.4 is 15.4 Å². The summed E-state index contributed by atoms with van der Waals surface area (Å²) in [6.45, 7) is 1.75. The van der Waals surface area contributed by atoms with Crippen LogP contribution in [0.25, 0.3) is 0 Å². The van der Waals surface area contributed by atoms with Crippen molar-refractivity contribution >= 4 is 11.8 Å². The molecular formula is C14H17FN2O3. The Bertz CT molecular complexity index is 533. The van der Waals surface area contributed by atoms with Gasteiger partial charge in [-0.1, -0.05) is 6.07 Å². The number of carbonyl (C=O) groups is 2. The van der Waals surface area contributed by atoms with E-state index in [9.17, 15) is 14.0 Å². The number of benzene rings is 1. The predicted molar refractivity (Wildman–Crippen MR) is 70.7 cm³/mol. The molecule has 0 aliphatic carbocycles. The molecule has 2 unspecified atom stereocenters. The summed E-state index contributed by atoms with van der Waals surface area (Å²) in [7, 11) is 1.47. The molecule has 1 aromatic rings. The Hall–Kier alpha value is -1.95.